The normalized spacial score (nSPS) is 13.3. The van der Waals surface area contributed by atoms with Gasteiger partial charge in [-0.15, -0.1) is 5.10 Å². The summed E-state index contributed by atoms with van der Waals surface area (Å²) in [7, 11) is 0. The molecule has 11 heteroatoms. The Balaban J connectivity index is 1.93. The zero-order chi connectivity index (χ0) is 26.5. The first-order valence-corrected chi connectivity index (χ1v) is 11.5. The van der Waals surface area contributed by atoms with Gasteiger partial charge in [0.2, 0.25) is 5.91 Å². The number of aliphatic hydroxyl groups excluding tert-OH is 2. The molecule has 2 aromatic carbocycles. The van der Waals surface area contributed by atoms with E-state index in [2.05, 4.69) is 17.0 Å². The van der Waals surface area contributed by atoms with Crippen LogP contribution in [0.4, 0.5) is 8.78 Å². The Morgan fingerprint density at radius 1 is 1.25 bits per heavy atom. The summed E-state index contributed by atoms with van der Waals surface area (Å²) in [4.78, 5) is 25.9. The number of halogens is 3. The number of aliphatic hydroxyl groups is 2. The maximum absolute atomic E-state index is 14.0. The van der Waals surface area contributed by atoms with E-state index in [1.807, 2.05) is 31.2 Å². The number of nitrogens with one attached hydrogen (secondary N) is 1. The van der Waals surface area contributed by atoms with Crippen molar-refractivity contribution in [3.63, 3.8) is 0 Å². The highest BCUT2D eigenvalue weighted by atomic mass is 35.5. The zero-order valence-electron chi connectivity index (χ0n) is 19.6. The zero-order valence-corrected chi connectivity index (χ0v) is 20.3. The third-order valence-electron chi connectivity index (χ3n) is 5.71. The lowest BCUT2D eigenvalue weighted by Gasteiger charge is -2.20. The van der Waals surface area contributed by atoms with Gasteiger partial charge in [-0.25, -0.2) is 9.48 Å². The summed E-state index contributed by atoms with van der Waals surface area (Å²) < 4.78 is 29.6. The number of nitrogens with zero attached hydrogens (tertiary/aromatic N) is 3. The molecule has 36 heavy (non-hydrogen) atoms. The largest absolute Gasteiger partial charge is 0.396 e. The molecule has 2 atom stereocenters. The van der Waals surface area contributed by atoms with Crippen LogP contribution >= 0.6 is 11.6 Å². The van der Waals surface area contributed by atoms with Crippen LogP contribution in [0.1, 0.15) is 23.6 Å². The number of aryl methyl sites for hydroxylation is 1. The molecular formula is C25H27ClF2N4O4. The SMILES string of the molecule is C=CC(F)(F)C(O)Cn1c(-c2ccc(Cl)cc2)nn(CC(=O)NC(CCO)c2ccccc2C)c1=O. The highest BCUT2D eigenvalue weighted by Crippen LogP contribution is 2.24. The number of hydrogen-bond donors (Lipinski definition) is 3. The van der Waals surface area contributed by atoms with E-state index in [1.54, 1.807) is 12.1 Å². The molecule has 3 rings (SSSR count). The first-order valence-electron chi connectivity index (χ1n) is 11.2. The summed E-state index contributed by atoms with van der Waals surface area (Å²) in [5, 5.41) is 26.9. The van der Waals surface area contributed by atoms with Crippen LogP contribution in [0.2, 0.25) is 5.02 Å². The predicted molar refractivity (Wildman–Crippen MR) is 132 cm³/mol. The topological polar surface area (TPSA) is 109 Å². The Labute approximate surface area is 211 Å². The number of amides is 1. The van der Waals surface area contributed by atoms with Crippen molar-refractivity contribution in [2.45, 2.75) is 44.5 Å². The fraction of sp³-hybridized carbons (Fsp3) is 0.320. The number of hydrogen-bond acceptors (Lipinski definition) is 5. The van der Waals surface area contributed by atoms with Gasteiger partial charge >= 0.3 is 5.69 Å². The Kier molecular flexibility index (Phi) is 8.78. The molecule has 3 aromatic rings. The number of aromatic nitrogens is 3. The second-order valence-electron chi connectivity index (χ2n) is 8.26. The molecule has 2 unspecified atom stereocenters. The molecule has 0 aliphatic carbocycles. The van der Waals surface area contributed by atoms with Gasteiger partial charge < -0.3 is 15.5 Å². The van der Waals surface area contributed by atoms with Gasteiger partial charge in [0, 0.05) is 17.2 Å². The van der Waals surface area contributed by atoms with E-state index in [0.717, 1.165) is 20.4 Å². The van der Waals surface area contributed by atoms with Crippen LogP contribution in [0, 0.1) is 6.92 Å². The molecular weight excluding hydrogens is 494 g/mol. The molecule has 0 saturated carbocycles. The van der Waals surface area contributed by atoms with Crippen molar-refractivity contribution in [3.8, 4) is 11.4 Å². The summed E-state index contributed by atoms with van der Waals surface area (Å²) in [5.41, 5.74) is 1.25. The maximum atomic E-state index is 14.0. The number of rotatable bonds is 11. The lowest BCUT2D eigenvalue weighted by Crippen LogP contribution is -2.40. The van der Waals surface area contributed by atoms with Gasteiger partial charge in [0.25, 0.3) is 5.92 Å². The minimum atomic E-state index is -3.65. The summed E-state index contributed by atoms with van der Waals surface area (Å²) >= 11 is 5.93. The van der Waals surface area contributed by atoms with Crippen LogP contribution in [0.25, 0.3) is 11.4 Å². The lowest BCUT2D eigenvalue weighted by atomic mass is 9.99. The van der Waals surface area contributed by atoms with Crippen molar-refractivity contribution in [2.75, 3.05) is 6.61 Å². The molecule has 192 valence electrons. The van der Waals surface area contributed by atoms with Gasteiger partial charge in [-0.3, -0.25) is 9.36 Å². The van der Waals surface area contributed by atoms with E-state index in [1.165, 1.54) is 12.1 Å². The molecule has 0 aliphatic heterocycles. The van der Waals surface area contributed by atoms with Crippen LogP contribution in [0.3, 0.4) is 0 Å². The van der Waals surface area contributed by atoms with Crippen molar-refractivity contribution < 1.29 is 23.8 Å². The molecule has 3 N–H and O–H groups in total. The van der Waals surface area contributed by atoms with Crippen LogP contribution in [-0.2, 0) is 17.9 Å². The molecule has 8 nitrogen and oxygen atoms in total. The number of carbonyl (C=O) groups excluding carboxylic acids is 1. The van der Waals surface area contributed by atoms with Crippen molar-refractivity contribution in [3.05, 3.63) is 87.8 Å². The van der Waals surface area contributed by atoms with Gasteiger partial charge in [0.1, 0.15) is 12.6 Å². The standard InChI is InChI=1S/C25H27ClF2N4O4/c1-3-25(27,28)21(34)14-31-23(17-8-10-18(26)11-9-17)30-32(24(31)36)15-22(35)29-20(12-13-33)19-7-5-4-6-16(19)2/h3-11,20-21,33-34H,1,12-15H2,2H3,(H,29,35). The lowest BCUT2D eigenvalue weighted by molar-refractivity contribution is -0.122. The highest BCUT2D eigenvalue weighted by Gasteiger charge is 2.36. The Morgan fingerprint density at radius 3 is 2.53 bits per heavy atom. The third-order valence-corrected chi connectivity index (χ3v) is 5.96. The monoisotopic (exact) mass is 520 g/mol. The van der Waals surface area contributed by atoms with Crippen LogP contribution in [0.5, 0.6) is 0 Å². The van der Waals surface area contributed by atoms with E-state index in [-0.39, 0.29) is 18.9 Å². The van der Waals surface area contributed by atoms with Crippen LogP contribution in [-0.4, -0.2) is 49.1 Å². The Bertz CT molecular complexity index is 1270. The molecule has 1 amide bonds. The van der Waals surface area contributed by atoms with Crippen LogP contribution < -0.4 is 11.0 Å². The average Bonchev–Trinajstić information content (AvgIpc) is 3.14. The quantitative estimate of drug-likeness (QED) is 0.337. The van der Waals surface area contributed by atoms with Gasteiger partial charge in [-0.1, -0.05) is 42.4 Å². The fourth-order valence-corrected chi connectivity index (χ4v) is 3.87. The molecule has 0 radical (unpaired) electrons. The Morgan fingerprint density at radius 2 is 1.92 bits per heavy atom. The first kappa shape index (κ1) is 27.3. The molecule has 1 heterocycles. The van der Waals surface area contributed by atoms with E-state index < -0.39 is 42.8 Å². The third kappa shape index (κ3) is 6.26. The number of benzene rings is 2. The van der Waals surface area contributed by atoms with E-state index >= 15 is 0 Å². The second-order valence-corrected chi connectivity index (χ2v) is 8.70. The fourth-order valence-electron chi connectivity index (χ4n) is 3.74. The maximum Gasteiger partial charge on any atom is 0.346 e. The molecule has 0 saturated heterocycles. The average molecular weight is 521 g/mol. The molecule has 0 spiro atoms. The Hall–Kier alpha value is -3.34. The summed E-state index contributed by atoms with van der Waals surface area (Å²) in [6.45, 7) is 3.43. The minimum Gasteiger partial charge on any atom is -0.396 e. The minimum absolute atomic E-state index is 0.0193. The van der Waals surface area contributed by atoms with Crippen molar-refractivity contribution >= 4 is 17.5 Å². The number of alkyl halides is 2. The van der Waals surface area contributed by atoms with Crippen molar-refractivity contribution in [1.29, 1.82) is 0 Å². The van der Waals surface area contributed by atoms with E-state index in [0.29, 0.717) is 16.7 Å². The first-order chi connectivity index (χ1) is 17.1. The second kappa shape index (κ2) is 11.6. The van der Waals surface area contributed by atoms with Gasteiger partial charge in [0.05, 0.1) is 12.6 Å². The summed E-state index contributed by atoms with van der Waals surface area (Å²) in [5.74, 6) is -4.24. The van der Waals surface area contributed by atoms with E-state index in [4.69, 9.17) is 11.6 Å². The molecule has 0 bridgehead atoms. The van der Waals surface area contributed by atoms with Crippen molar-refractivity contribution in [1.82, 2.24) is 19.7 Å². The molecule has 0 aliphatic rings. The smallest absolute Gasteiger partial charge is 0.346 e. The van der Waals surface area contributed by atoms with Crippen LogP contribution in [0.15, 0.2) is 66.0 Å². The number of carbonyl (C=O) groups is 1. The highest BCUT2D eigenvalue weighted by molar-refractivity contribution is 6.30. The summed E-state index contributed by atoms with van der Waals surface area (Å²) in [6, 6.07) is 13.0. The summed E-state index contributed by atoms with van der Waals surface area (Å²) in [6.07, 6.45) is -1.70. The van der Waals surface area contributed by atoms with Gasteiger partial charge in [-0.2, -0.15) is 8.78 Å². The molecule has 0 fully saturated rings. The molecule has 1 aromatic heterocycles. The van der Waals surface area contributed by atoms with E-state index in [9.17, 15) is 28.6 Å². The van der Waals surface area contributed by atoms with Crippen molar-refractivity contribution in [2.24, 2.45) is 0 Å². The van der Waals surface area contributed by atoms with Gasteiger partial charge in [-0.05, 0) is 54.8 Å². The predicted octanol–water partition coefficient (Wildman–Crippen LogP) is 3.10. The van der Waals surface area contributed by atoms with Gasteiger partial charge in [0.15, 0.2) is 5.82 Å².